The van der Waals surface area contributed by atoms with Gasteiger partial charge < -0.3 is 14.8 Å². The number of hydrogen-bond acceptors (Lipinski definition) is 3. The van der Waals surface area contributed by atoms with Gasteiger partial charge in [-0.25, -0.2) is 0 Å². The van der Waals surface area contributed by atoms with E-state index in [0.717, 1.165) is 16.9 Å². The summed E-state index contributed by atoms with van der Waals surface area (Å²) >= 11 is 0. The lowest BCUT2D eigenvalue weighted by atomic mass is 9.93. The topological polar surface area (TPSA) is 30.5 Å². The van der Waals surface area contributed by atoms with Gasteiger partial charge in [-0.15, -0.1) is 0 Å². The van der Waals surface area contributed by atoms with E-state index in [2.05, 4.69) is 29.6 Å². The van der Waals surface area contributed by atoms with Gasteiger partial charge in [-0.05, 0) is 41.5 Å². The number of benzene rings is 4. The van der Waals surface area contributed by atoms with E-state index in [9.17, 15) is 0 Å². The summed E-state index contributed by atoms with van der Waals surface area (Å²) < 4.78 is 11.9. The summed E-state index contributed by atoms with van der Waals surface area (Å²) in [5.41, 5.74) is 4.66. The van der Waals surface area contributed by atoms with Crippen molar-refractivity contribution in [1.29, 1.82) is 0 Å². The van der Waals surface area contributed by atoms with Crippen LogP contribution in [0.2, 0.25) is 0 Å². The van der Waals surface area contributed by atoms with Gasteiger partial charge in [-0.1, -0.05) is 60.1 Å². The van der Waals surface area contributed by atoms with Crippen LogP contribution in [0.25, 0.3) is 11.1 Å². The zero-order valence-corrected chi connectivity index (χ0v) is 15.1. The molecule has 0 saturated carbocycles. The summed E-state index contributed by atoms with van der Waals surface area (Å²) in [6.07, 6.45) is 0. The highest BCUT2D eigenvalue weighted by atomic mass is 16.6. The van der Waals surface area contributed by atoms with Crippen molar-refractivity contribution in [2.24, 2.45) is 0 Å². The molecule has 0 aliphatic carbocycles. The molecule has 1 aliphatic heterocycles. The summed E-state index contributed by atoms with van der Waals surface area (Å²) in [5.74, 6) is 2.63. The Morgan fingerprint density at radius 1 is 0.571 bits per heavy atom. The minimum atomic E-state index is 0.592. The van der Waals surface area contributed by atoms with E-state index in [4.69, 9.17) is 17.3 Å². The molecule has 4 aromatic carbocycles. The maximum absolute atomic E-state index is 6.24. The average molecular weight is 361 g/mol. The van der Waals surface area contributed by atoms with Gasteiger partial charge in [-0.2, -0.15) is 0 Å². The van der Waals surface area contributed by atoms with Crippen LogP contribution >= 0.6 is 0 Å². The van der Waals surface area contributed by atoms with Crippen LogP contribution in [-0.2, 0) is 0 Å². The predicted octanol–water partition coefficient (Wildman–Crippen LogP) is 5.79. The fraction of sp³-hybridized carbons (Fsp3) is 0. The lowest BCUT2D eigenvalue weighted by Gasteiger charge is -2.22. The molecular weight excluding hydrogens is 345 g/mol. The largest absolute Gasteiger partial charge is 0.450 e. The molecule has 1 N–H and O–H groups in total. The van der Waals surface area contributed by atoms with Crippen LogP contribution in [0.5, 0.6) is 23.0 Å². The first-order valence-corrected chi connectivity index (χ1v) is 9.07. The standard InChI is InChI=1S/C24H16BNO2/c25-19-14-23-24(28-22-9-5-4-8-21(22)27-23)15-20(19)26-18-12-10-17(11-13-18)16-6-2-1-3-7-16/h1-15,26H. The second-order valence-electron chi connectivity index (χ2n) is 6.61. The van der Waals surface area contributed by atoms with Crippen LogP contribution in [0.1, 0.15) is 0 Å². The zero-order valence-electron chi connectivity index (χ0n) is 15.1. The second kappa shape index (κ2) is 6.82. The number of nitrogens with one attached hydrogen (secondary N) is 1. The van der Waals surface area contributed by atoms with Crippen molar-refractivity contribution in [3.05, 3.63) is 91.0 Å². The number of anilines is 2. The molecule has 4 aromatic rings. The Morgan fingerprint density at radius 3 is 1.82 bits per heavy atom. The zero-order chi connectivity index (χ0) is 18.9. The molecule has 0 bridgehead atoms. The van der Waals surface area contributed by atoms with E-state index in [1.807, 2.05) is 60.7 Å². The first kappa shape index (κ1) is 16.5. The summed E-state index contributed by atoms with van der Waals surface area (Å²) in [5, 5.41) is 3.36. The SMILES string of the molecule is [B]c1cc2c(cc1Nc1ccc(-c3ccccc3)cc1)Oc1ccccc1O2. The molecule has 0 spiro atoms. The van der Waals surface area contributed by atoms with Crippen molar-refractivity contribution in [2.45, 2.75) is 0 Å². The monoisotopic (exact) mass is 361 g/mol. The van der Waals surface area contributed by atoms with E-state index >= 15 is 0 Å². The molecule has 28 heavy (non-hydrogen) atoms. The Morgan fingerprint density at radius 2 is 1.14 bits per heavy atom. The van der Waals surface area contributed by atoms with Gasteiger partial charge in [-0.3, -0.25) is 0 Å². The van der Waals surface area contributed by atoms with Crippen molar-refractivity contribution >= 4 is 24.7 Å². The first-order valence-electron chi connectivity index (χ1n) is 9.07. The lowest BCUT2D eigenvalue weighted by Crippen LogP contribution is -2.12. The van der Waals surface area contributed by atoms with Crippen molar-refractivity contribution in [1.82, 2.24) is 0 Å². The Labute approximate surface area is 165 Å². The molecule has 0 saturated heterocycles. The normalized spacial score (nSPS) is 11.6. The molecule has 3 nitrogen and oxygen atoms in total. The lowest BCUT2D eigenvalue weighted by molar-refractivity contribution is 0.360. The Hall–Kier alpha value is -3.66. The molecule has 1 aliphatic rings. The highest BCUT2D eigenvalue weighted by Crippen LogP contribution is 2.45. The summed E-state index contributed by atoms with van der Waals surface area (Å²) in [6, 6.07) is 29.7. The molecule has 4 heteroatoms. The van der Waals surface area contributed by atoms with E-state index in [-0.39, 0.29) is 0 Å². The smallest absolute Gasteiger partial charge is 0.172 e. The molecule has 0 atom stereocenters. The van der Waals surface area contributed by atoms with Crippen LogP contribution in [-0.4, -0.2) is 7.85 Å². The van der Waals surface area contributed by atoms with Gasteiger partial charge in [0.2, 0.25) is 0 Å². The highest BCUT2D eigenvalue weighted by Gasteiger charge is 2.19. The van der Waals surface area contributed by atoms with Gasteiger partial charge in [0.15, 0.2) is 23.0 Å². The Bertz CT molecular complexity index is 1140. The minimum absolute atomic E-state index is 0.592. The van der Waals surface area contributed by atoms with Crippen molar-refractivity contribution < 1.29 is 9.47 Å². The van der Waals surface area contributed by atoms with Gasteiger partial charge in [0, 0.05) is 17.4 Å². The molecule has 0 aromatic heterocycles. The Balaban J connectivity index is 1.40. The number of ether oxygens (including phenoxy) is 2. The van der Waals surface area contributed by atoms with Gasteiger partial charge in [0.05, 0.1) is 0 Å². The van der Waals surface area contributed by atoms with Crippen molar-refractivity contribution in [3.8, 4) is 34.1 Å². The third-order valence-corrected chi connectivity index (χ3v) is 4.68. The van der Waals surface area contributed by atoms with Gasteiger partial charge in [0.1, 0.15) is 7.85 Å². The molecular formula is C24H16BNO2. The fourth-order valence-corrected chi connectivity index (χ4v) is 3.23. The van der Waals surface area contributed by atoms with E-state index in [1.54, 1.807) is 6.07 Å². The molecule has 2 radical (unpaired) electrons. The molecule has 1 heterocycles. The van der Waals surface area contributed by atoms with Gasteiger partial charge >= 0.3 is 0 Å². The molecule has 0 unspecified atom stereocenters. The van der Waals surface area contributed by atoms with E-state index in [1.165, 1.54) is 5.56 Å². The van der Waals surface area contributed by atoms with Crippen LogP contribution in [0.15, 0.2) is 91.0 Å². The number of para-hydroxylation sites is 2. The number of hydrogen-bond donors (Lipinski definition) is 1. The summed E-state index contributed by atoms with van der Waals surface area (Å²) in [4.78, 5) is 0. The first-order chi connectivity index (χ1) is 13.8. The second-order valence-corrected chi connectivity index (χ2v) is 6.61. The average Bonchev–Trinajstić information content (AvgIpc) is 2.74. The van der Waals surface area contributed by atoms with Crippen LogP contribution < -0.4 is 20.3 Å². The number of rotatable bonds is 3. The number of fused-ring (bicyclic) bond motifs is 2. The minimum Gasteiger partial charge on any atom is -0.450 e. The Kier molecular flexibility index (Phi) is 4.02. The third-order valence-electron chi connectivity index (χ3n) is 4.68. The molecule has 132 valence electrons. The van der Waals surface area contributed by atoms with Crippen molar-refractivity contribution in [3.63, 3.8) is 0 Å². The van der Waals surface area contributed by atoms with Crippen LogP contribution in [0.3, 0.4) is 0 Å². The highest BCUT2D eigenvalue weighted by molar-refractivity contribution is 6.36. The van der Waals surface area contributed by atoms with Crippen LogP contribution in [0, 0.1) is 0 Å². The predicted molar refractivity (Wildman–Crippen MR) is 114 cm³/mol. The van der Waals surface area contributed by atoms with Crippen LogP contribution in [0.4, 0.5) is 11.4 Å². The maximum Gasteiger partial charge on any atom is 0.172 e. The maximum atomic E-state index is 6.24. The molecule has 0 amide bonds. The van der Waals surface area contributed by atoms with E-state index in [0.29, 0.717) is 28.5 Å². The molecule has 0 fully saturated rings. The third kappa shape index (κ3) is 3.10. The summed E-state index contributed by atoms with van der Waals surface area (Å²) in [7, 11) is 6.24. The van der Waals surface area contributed by atoms with Gasteiger partial charge in [0.25, 0.3) is 0 Å². The summed E-state index contributed by atoms with van der Waals surface area (Å²) in [6.45, 7) is 0. The fourth-order valence-electron chi connectivity index (χ4n) is 3.23. The molecule has 5 rings (SSSR count). The quantitative estimate of drug-likeness (QED) is 0.413. The van der Waals surface area contributed by atoms with Crippen molar-refractivity contribution in [2.75, 3.05) is 5.32 Å². The van der Waals surface area contributed by atoms with E-state index < -0.39 is 0 Å².